The van der Waals surface area contributed by atoms with Gasteiger partial charge in [0.15, 0.2) is 0 Å². The molecule has 0 fully saturated rings. The Balaban J connectivity index is 2.15. The van der Waals surface area contributed by atoms with Gasteiger partial charge in [0, 0.05) is 19.1 Å². The van der Waals surface area contributed by atoms with Gasteiger partial charge in [-0.2, -0.15) is 5.10 Å². The normalized spacial score (nSPS) is 10.5. The van der Waals surface area contributed by atoms with Gasteiger partial charge in [-0.15, -0.1) is 11.6 Å². The monoisotopic (exact) mass is 186 g/mol. The summed E-state index contributed by atoms with van der Waals surface area (Å²) >= 11 is 5.57. The third-order valence-electron chi connectivity index (χ3n) is 1.86. The fourth-order valence-electron chi connectivity index (χ4n) is 1.20. The van der Waals surface area contributed by atoms with E-state index in [2.05, 4.69) is 11.3 Å². The zero-order valence-corrected chi connectivity index (χ0v) is 8.22. The molecule has 0 saturated heterocycles. The van der Waals surface area contributed by atoms with Crippen molar-refractivity contribution in [3.05, 3.63) is 18.0 Å². The number of nitrogens with zero attached hydrogens (tertiary/aromatic N) is 2. The third-order valence-corrected chi connectivity index (χ3v) is 2.12. The molecule has 2 nitrogen and oxygen atoms in total. The van der Waals surface area contributed by atoms with Gasteiger partial charge in [-0.25, -0.2) is 0 Å². The molecular weight excluding hydrogens is 172 g/mol. The van der Waals surface area contributed by atoms with E-state index in [4.69, 9.17) is 11.6 Å². The molecule has 3 heteroatoms. The zero-order chi connectivity index (χ0) is 8.81. The quantitative estimate of drug-likeness (QED) is 0.510. The van der Waals surface area contributed by atoms with Crippen LogP contribution < -0.4 is 0 Å². The van der Waals surface area contributed by atoms with Gasteiger partial charge in [-0.1, -0.05) is 6.42 Å². The average Bonchev–Trinajstić information content (AvgIpc) is 2.45. The van der Waals surface area contributed by atoms with Gasteiger partial charge < -0.3 is 0 Å². The highest BCUT2D eigenvalue weighted by Crippen LogP contribution is 2.05. The predicted molar refractivity (Wildman–Crippen MR) is 51.5 cm³/mol. The molecule has 0 atom stereocenters. The van der Waals surface area contributed by atoms with E-state index in [1.165, 1.54) is 18.4 Å². The summed E-state index contributed by atoms with van der Waals surface area (Å²) in [5.74, 6) is 0.785. The summed E-state index contributed by atoms with van der Waals surface area (Å²) in [4.78, 5) is 0. The van der Waals surface area contributed by atoms with Crippen LogP contribution in [0.15, 0.2) is 12.4 Å². The number of halogens is 1. The first kappa shape index (κ1) is 9.59. The Hall–Kier alpha value is -0.500. The third kappa shape index (κ3) is 3.26. The molecule has 0 aliphatic rings. The fourth-order valence-corrected chi connectivity index (χ4v) is 1.39. The molecule has 0 aliphatic carbocycles. The van der Waals surface area contributed by atoms with Crippen LogP contribution in [0, 0.1) is 0 Å². The molecule has 0 radical (unpaired) electrons. The number of aryl methyl sites for hydroxylation is 2. The number of aromatic nitrogens is 2. The molecule has 0 spiro atoms. The second-order valence-corrected chi connectivity index (χ2v) is 3.40. The highest BCUT2D eigenvalue weighted by molar-refractivity contribution is 6.17. The van der Waals surface area contributed by atoms with Crippen LogP contribution in [-0.4, -0.2) is 15.7 Å². The molecule has 1 aromatic heterocycles. The number of alkyl halides is 1. The summed E-state index contributed by atoms with van der Waals surface area (Å²) in [6, 6.07) is 0. The molecule has 12 heavy (non-hydrogen) atoms. The lowest BCUT2D eigenvalue weighted by Crippen LogP contribution is -1.86. The van der Waals surface area contributed by atoms with E-state index < -0.39 is 0 Å². The molecule has 68 valence electrons. The molecule has 0 aliphatic heterocycles. The van der Waals surface area contributed by atoms with Gasteiger partial charge in [0.2, 0.25) is 0 Å². The number of hydrogen-bond acceptors (Lipinski definition) is 1. The summed E-state index contributed by atoms with van der Waals surface area (Å²) in [7, 11) is 1.95. The Morgan fingerprint density at radius 3 is 2.83 bits per heavy atom. The minimum absolute atomic E-state index is 0.785. The second-order valence-electron chi connectivity index (χ2n) is 3.02. The van der Waals surface area contributed by atoms with E-state index in [0.29, 0.717) is 0 Å². The number of rotatable bonds is 5. The molecule has 0 amide bonds. The highest BCUT2D eigenvalue weighted by Gasteiger charge is 1.95. The van der Waals surface area contributed by atoms with Crippen molar-refractivity contribution in [2.75, 3.05) is 5.88 Å². The maximum atomic E-state index is 5.57. The molecule has 0 bridgehead atoms. The van der Waals surface area contributed by atoms with Crippen molar-refractivity contribution >= 4 is 11.6 Å². The van der Waals surface area contributed by atoms with Gasteiger partial charge in [0.25, 0.3) is 0 Å². The molecule has 0 saturated carbocycles. The van der Waals surface area contributed by atoms with Crippen LogP contribution >= 0.6 is 11.6 Å². The van der Waals surface area contributed by atoms with Crippen LogP contribution in [0.1, 0.15) is 24.8 Å². The largest absolute Gasteiger partial charge is 0.276 e. The number of hydrogen-bond donors (Lipinski definition) is 0. The van der Waals surface area contributed by atoms with Crippen molar-refractivity contribution in [1.82, 2.24) is 9.78 Å². The van der Waals surface area contributed by atoms with Gasteiger partial charge in [0.05, 0.1) is 6.20 Å². The molecule has 0 aromatic carbocycles. The Morgan fingerprint density at radius 1 is 1.42 bits per heavy atom. The molecule has 1 aromatic rings. The van der Waals surface area contributed by atoms with Crippen molar-refractivity contribution in [3.63, 3.8) is 0 Å². The Kier molecular flexibility index (Phi) is 4.15. The van der Waals surface area contributed by atoms with Crippen LogP contribution in [0.5, 0.6) is 0 Å². The Bertz CT molecular complexity index is 220. The minimum Gasteiger partial charge on any atom is -0.276 e. The summed E-state index contributed by atoms with van der Waals surface area (Å²) in [5, 5.41) is 4.11. The Morgan fingerprint density at radius 2 is 2.25 bits per heavy atom. The van der Waals surface area contributed by atoms with Crippen LogP contribution in [0.3, 0.4) is 0 Å². The Labute approximate surface area is 78.5 Å². The first-order valence-electron chi connectivity index (χ1n) is 4.36. The maximum absolute atomic E-state index is 5.57. The number of unbranched alkanes of at least 4 members (excludes halogenated alkanes) is 2. The maximum Gasteiger partial charge on any atom is 0.0521 e. The van der Waals surface area contributed by atoms with Crippen molar-refractivity contribution in [1.29, 1.82) is 0 Å². The molecule has 1 heterocycles. The molecule has 0 unspecified atom stereocenters. The van der Waals surface area contributed by atoms with Crippen LogP contribution in [-0.2, 0) is 13.5 Å². The van der Waals surface area contributed by atoms with Gasteiger partial charge in [0.1, 0.15) is 0 Å². The van der Waals surface area contributed by atoms with Crippen molar-refractivity contribution < 1.29 is 0 Å². The lowest BCUT2D eigenvalue weighted by atomic mass is 10.1. The standard InChI is InChI=1S/C9H15ClN2/c1-12-8-9(7-11-12)5-3-2-4-6-10/h7-8H,2-6H2,1H3. The second kappa shape index (κ2) is 5.20. The van der Waals surface area contributed by atoms with Gasteiger partial charge in [-0.3, -0.25) is 4.68 Å². The smallest absolute Gasteiger partial charge is 0.0521 e. The highest BCUT2D eigenvalue weighted by atomic mass is 35.5. The van der Waals surface area contributed by atoms with Crippen molar-refractivity contribution in [2.24, 2.45) is 7.05 Å². The van der Waals surface area contributed by atoms with E-state index in [-0.39, 0.29) is 0 Å². The summed E-state index contributed by atoms with van der Waals surface area (Å²) < 4.78 is 1.84. The lowest BCUT2D eigenvalue weighted by molar-refractivity contribution is 0.719. The van der Waals surface area contributed by atoms with Crippen molar-refractivity contribution in [3.8, 4) is 0 Å². The summed E-state index contributed by atoms with van der Waals surface area (Å²) in [6.07, 6.45) is 8.70. The summed E-state index contributed by atoms with van der Waals surface area (Å²) in [5.41, 5.74) is 1.33. The minimum atomic E-state index is 0.785. The van der Waals surface area contributed by atoms with E-state index in [1.807, 2.05) is 17.9 Å². The van der Waals surface area contributed by atoms with Crippen LogP contribution in [0.25, 0.3) is 0 Å². The van der Waals surface area contributed by atoms with Crippen molar-refractivity contribution in [2.45, 2.75) is 25.7 Å². The molecule has 0 N–H and O–H groups in total. The van der Waals surface area contributed by atoms with Crippen LogP contribution in [0.4, 0.5) is 0 Å². The predicted octanol–water partition coefficient (Wildman–Crippen LogP) is 2.37. The SMILES string of the molecule is Cn1cc(CCCCCCl)cn1. The first-order valence-corrected chi connectivity index (χ1v) is 4.90. The topological polar surface area (TPSA) is 17.8 Å². The summed E-state index contributed by atoms with van der Waals surface area (Å²) in [6.45, 7) is 0. The lowest BCUT2D eigenvalue weighted by Gasteiger charge is -1.95. The van der Waals surface area contributed by atoms with E-state index >= 15 is 0 Å². The van der Waals surface area contributed by atoms with E-state index in [1.54, 1.807) is 0 Å². The zero-order valence-electron chi connectivity index (χ0n) is 7.46. The van der Waals surface area contributed by atoms with E-state index in [9.17, 15) is 0 Å². The van der Waals surface area contributed by atoms with Gasteiger partial charge >= 0.3 is 0 Å². The fraction of sp³-hybridized carbons (Fsp3) is 0.667. The van der Waals surface area contributed by atoms with Gasteiger partial charge in [-0.05, 0) is 24.8 Å². The first-order chi connectivity index (χ1) is 5.83. The van der Waals surface area contributed by atoms with Crippen LogP contribution in [0.2, 0.25) is 0 Å². The average molecular weight is 187 g/mol. The van der Waals surface area contributed by atoms with E-state index in [0.717, 1.165) is 18.7 Å². The molecular formula is C9H15ClN2. The molecule has 1 rings (SSSR count).